The van der Waals surface area contributed by atoms with Crippen LogP contribution in [0.4, 0.5) is 10.1 Å². The Kier molecular flexibility index (Phi) is 6.65. The van der Waals surface area contributed by atoms with Gasteiger partial charge in [-0.2, -0.15) is 4.31 Å². The quantitative estimate of drug-likeness (QED) is 0.650. The number of anilines is 1. The van der Waals surface area contributed by atoms with E-state index in [-0.39, 0.29) is 33.5 Å². The summed E-state index contributed by atoms with van der Waals surface area (Å²) in [5, 5.41) is 3.27. The molecule has 3 aliphatic rings. The molecule has 0 spiro atoms. The first kappa shape index (κ1) is 24.3. The van der Waals surface area contributed by atoms with Gasteiger partial charge in [-0.1, -0.05) is 11.6 Å². The number of likely N-dealkylation sites (tertiary alicyclic amines) is 1. The van der Waals surface area contributed by atoms with Crippen molar-refractivity contribution in [3.8, 4) is 5.75 Å². The fraction of sp³-hybridized carbons (Fsp3) is 0.458. The standard InChI is InChI=1S/C24H28ClFN4O4S/c1-34-23-7-5-19(35(32,33)29-10-8-27-9-11-29)13-22(23)30-17-3-4-18(30)15-28(14-17)24(31)20-6-2-16(26)12-21(20)25/h2,5-7,12-13,17-18,27H,3-4,8-11,14-15H2,1H3. The first-order valence-electron chi connectivity index (χ1n) is 11.7. The Morgan fingerprint density at radius 2 is 1.77 bits per heavy atom. The lowest BCUT2D eigenvalue weighted by atomic mass is 10.1. The molecule has 0 radical (unpaired) electrons. The highest BCUT2D eigenvalue weighted by molar-refractivity contribution is 7.89. The lowest BCUT2D eigenvalue weighted by Crippen LogP contribution is -2.55. The molecule has 1 amide bonds. The van der Waals surface area contributed by atoms with Crippen LogP contribution in [-0.4, -0.2) is 82.0 Å². The molecule has 11 heteroatoms. The van der Waals surface area contributed by atoms with Gasteiger partial charge in [0, 0.05) is 51.4 Å². The van der Waals surface area contributed by atoms with Crippen LogP contribution in [0.5, 0.6) is 5.75 Å². The number of methoxy groups -OCH3 is 1. The van der Waals surface area contributed by atoms with Crippen molar-refractivity contribution >= 4 is 33.2 Å². The molecule has 0 aliphatic carbocycles. The molecule has 3 saturated heterocycles. The number of piperazine rings is 2. The highest BCUT2D eigenvalue weighted by Crippen LogP contribution is 2.41. The zero-order valence-electron chi connectivity index (χ0n) is 19.4. The first-order chi connectivity index (χ1) is 16.8. The number of ether oxygens (including phenoxy) is 1. The third kappa shape index (κ3) is 4.48. The molecule has 3 fully saturated rings. The number of carbonyl (C=O) groups is 1. The van der Waals surface area contributed by atoms with Crippen molar-refractivity contribution in [3.05, 3.63) is 52.8 Å². The molecule has 2 unspecified atom stereocenters. The fourth-order valence-corrected chi connectivity index (χ4v) is 7.07. The number of nitrogens with zero attached hydrogens (tertiary/aromatic N) is 3. The molecule has 3 heterocycles. The Bertz CT molecular complexity index is 1220. The van der Waals surface area contributed by atoms with E-state index in [4.69, 9.17) is 16.3 Å². The monoisotopic (exact) mass is 522 g/mol. The third-order valence-electron chi connectivity index (χ3n) is 7.07. The number of amides is 1. The number of carbonyl (C=O) groups excluding carboxylic acids is 1. The van der Waals surface area contributed by atoms with Gasteiger partial charge in [-0.05, 0) is 49.2 Å². The van der Waals surface area contributed by atoms with Crippen molar-refractivity contribution in [3.63, 3.8) is 0 Å². The summed E-state index contributed by atoms with van der Waals surface area (Å²) in [5.41, 5.74) is 1.01. The van der Waals surface area contributed by atoms with E-state index < -0.39 is 15.8 Å². The topological polar surface area (TPSA) is 82.2 Å². The smallest absolute Gasteiger partial charge is 0.255 e. The van der Waals surface area contributed by atoms with Crippen LogP contribution >= 0.6 is 11.6 Å². The van der Waals surface area contributed by atoms with E-state index in [1.165, 1.54) is 16.4 Å². The number of hydrogen-bond donors (Lipinski definition) is 1. The van der Waals surface area contributed by atoms with Crippen LogP contribution in [0, 0.1) is 5.82 Å². The molecule has 8 nitrogen and oxygen atoms in total. The van der Waals surface area contributed by atoms with E-state index in [1.807, 2.05) is 0 Å². The summed E-state index contributed by atoms with van der Waals surface area (Å²) >= 11 is 6.14. The molecule has 2 aromatic carbocycles. The van der Waals surface area contributed by atoms with Crippen LogP contribution in [0.15, 0.2) is 41.3 Å². The molecule has 188 valence electrons. The number of rotatable bonds is 5. The Hall–Kier alpha value is -2.40. The average Bonchev–Trinajstić information content (AvgIpc) is 3.12. The first-order valence-corrected chi connectivity index (χ1v) is 13.5. The second-order valence-corrected chi connectivity index (χ2v) is 11.5. The number of hydrogen-bond acceptors (Lipinski definition) is 6. The van der Waals surface area contributed by atoms with Crippen molar-refractivity contribution in [1.29, 1.82) is 0 Å². The molecule has 2 aromatic rings. The van der Waals surface area contributed by atoms with Gasteiger partial charge in [0.25, 0.3) is 5.91 Å². The predicted molar refractivity (Wildman–Crippen MR) is 131 cm³/mol. The summed E-state index contributed by atoms with van der Waals surface area (Å²) in [6, 6.07) is 8.81. The second kappa shape index (κ2) is 9.57. The van der Waals surface area contributed by atoms with Crippen LogP contribution in [-0.2, 0) is 10.0 Å². The number of sulfonamides is 1. The van der Waals surface area contributed by atoms with Crippen LogP contribution in [0.3, 0.4) is 0 Å². The van der Waals surface area contributed by atoms with Gasteiger partial charge in [-0.15, -0.1) is 0 Å². The largest absolute Gasteiger partial charge is 0.495 e. The average molecular weight is 523 g/mol. The van der Waals surface area contributed by atoms with E-state index >= 15 is 0 Å². The molecule has 3 aliphatic heterocycles. The van der Waals surface area contributed by atoms with Gasteiger partial charge < -0.3 is 19.9 Å². The maximum Gasteiger partial charge on any atom is 0.255 e. The van der Waals surface area contributed by atoms with Gasteiger partial charge >= 0.3 is 0 Å². The summed E-state index contributed by atoms with van der Waals surface area (Å²) < 4.78 is 47.2. The fourth-order valence-electron chi connectivity index (χ4n) is 5.36. The SMILES string of the molecule is COc1ccc(S(=O)(=O)N2CCNCC2)cc1N1C2CCC1CN(C(=O)c1ccc(F)cc1Cl)C2. The number of halogens is 2. The minimum Gasteiger partial charge on any atom is -0.495 e. The predicted octanol–water partition coefficient (Wildman–Crippen LogP) is 2.58. The zero-order valence-corrected chi connectivity index (χ0v) is 21.0. The van der Waals surface area contributed by atoms with Crippen molar-refractivity contribution in [2.45, 2.75) is 29.8 Å². The Labute approximate surface area is 209 Å². The molecule has 1 N–H and O–H groups in total. The molecular formula is C24H28ClFN4O4S. The minimum atomic E-state index is -3.63. The number of nitrogens with one attached hydrogen (secondary N) is 1. The molecule has 35 heavy (non-hydrogen) atoms. The second-order valence-electron chi connectivity index (χ2n) is 9.11. The Morgan fingerprint density at radius 3 is 2.40 bits per heavy atom. The summed E-state index contributed by atoms with van der Waals surface area (Å²) in [7, 11) is -2.06. The minimum absolute atomic E-state index is 0.00275. The molecule has 0 saturated carbocycles. The van der Waals surface area contributed by atoms with E-state index in [0.717, 1.165) is 24.6 Å². The lowest BCUT2D eigenvalue weighted by molar-refractivity contribution is 0.0718. The van der Waals surface area contributed by atoms with E-state index in [1.54, 1.807) is 30.2 Å². The van der Waals surface area contributed by atoms with Crippen LogP contribution in [0.2, 0.25) is 5.02 Å². The van der Waals surface area contributed by atoms with Gasteiger partial charge in [0.1, 0.15) is 11.6 Å². The van der Waals surface area contributed by atoms with E-state index in [0.29, 0.717) is 45.0 Å². The number of fused-ring (bicyclic) bond motifs is 2. The van der Waals surface area contributed by atoms with Gasteiger partial charge in [0.15, 0.2) is 0 Å². The Morgan fingerprint density at radius 1 is 1.09 bits per heavy atom. The van der Waals surface area contributed by atoms with Crippen molar-refractivity contribution in [2.24, 2.45) is 0 Å². The molecule has 5 rings (SSSR count). The van der Waals surface area contributed by atoms with E-state index in [9.17, 15) is 17.6 Å². The summed E-state index contributed by atoms with van der Waals surface area (Å²) in [6.45, 7) is 3.03. The number of benzene rings is 2. The van der Waals surface area contributed by atoms with Crippen LogP contribution in [0.1, 0.15) is 23.2 Å². The highest BCUT2D eigenvalue weighted by Gasteiger charge is 2.43. The molecule has 0 aromatic heterocycles. The van der Waals surface area contributed by atoms with Gasteiger partial charge in [0.2, 0.25) is 10.0 Å². The van der Waals surface area contributed by atoms with Gasteiger partial charge in [-0.25, -0.2) is 12.8 Å². The summed E-state index contributed by atoms with van der Waals surface area (Å²) in [6.07, 6.45) is 1.73. The highest BCUT2D eigenvalue weighted by atomic mass is 35.5. The lowest BCUT2D eigenvalue weighted by Gasteiger charge is -2.43. The summed E-state index contributed by atoms with van der Waals surface area (Å²) in [5.74, 6) is -0.116. The zero-order chi connectivity index (χ0) is 24.7. The molecule has 2 bridgehead atoms. The molecule has 2 atom stereocenters. The van der Waals surface area contributed by atoms with Gasteiger partial charge in [0.05, 0.1) is 28.3 Å². The summed E-state index contributed by atoms with van der Waals surface area (Å²) in [4.78, 5) is 17.4. The normalized spacial score (nSPS) is 22.9. The van der Waals surface area contributed by atoms with Crippen LogP contribution < -0.4 is 15.0 Å². The van der Waals surface area contributed by atoms with Gasteiger partial charge in [-0.3, -0.25) is 4.79 Å². The van der Waals surface area contributed by atoms with Crippen molar-refractivity contribution in [1.82, 2.24) is 14.5 Å². The molecular weight excluding hydrogens is 495 g/mol. The van der Waals surface area contributed by atoms with Crippen molar-refractivity contribution in [2.75, 3.05) is 51.3 Å². The third-order valence-corrected chi connectivity index (χ3v) is 9.28. The van der Waals surface area contributed by atoms with Crippen molar-refractivity contribution < 1.29 is 22.3 Å². The maximum atomic E-state index is 13.5. The van der Waals surface area contributed by atoms with Crippen LogP contribution in [0.25, 0.3) is 0 Å². The maximum absolute atomic E-state index is 13.5. The Balaban J connectivity index is 1.42. The van der Waals surface area contributed by atoms with E-state index in [2.05, 4.69) is 10.2 Å².